The van der Waals surface area contributed by atoms with E-state index in [0.29, 0.717) is 30.3 Å². The van der Waals surface area contributed by atoms with E-state index in [-0.39, 0.29) is 11.7 Å². The first-order chi connectivity index (χ1) is 12.4. The first-order valence-electron chi connectivity index (χ1n) is 9.45. The number of anilines is 1. The first kappa shape index (κ1) is 19.2. The molecule has 1 amide bonds. The summed E-state index contributed by atoms with van der Waals surface area (Å²) in [5.74, 6) is 0.253. The molecule has 0 radical (unpaired) electrons. The average molecular weight is 380 g/mol. The minimum Gasteiger partial charge on any atom is -0.334 e. The van der Waals surface area contributed by atoms with Crippen molar-refractivity contribution < 1.29 is 13.2 Å². The summed E-state index contributed by atoms with van der Waals surface area (Å²) in [6.07, 6.45) is 5.17. The summed E-state index contributed by atoms with van der Waals surface area (Å²) in [4.78, 5) is 17.2. The predicted molar refractivity (Wildman–Crippen MR) is 104 cm³/mol. The Bertz CT molecular complexity index is 725. The zero-order valence-electron chi connectivity index (χ0n) is 15.7. The molecule has 1 aliphatic heterocycles. The molecule has 2 aliphatic rings. The number of carbonyl (C=O) groups excluding carboxylic acids is 1. The second-order valence-corrected chi connectivity index (χ2v) is 9.54. The summed E-state index contributed by atoms with van der Waals surface area (Å²) >= 11 is 0. The third kappa shape index (κ3) is 4.20. The molecule has 1 aromatic rings. The average Bonchev–Trinajstić information content (AvgIpc) is 3.24. The number of rotatable bonds is 6. The van der Waals surface area contributed by atoms with Crippen LogP contribution in [0.25, 0.3) is 0 Å². The monoisotopic (exact) mass is 379 g/mol. The van der Waals surface area contributed by atoms with E-state index in [2.05, 4.69) is 4.90 Å². The molecular weight excluding hydrogens is 350 g/mol. The summed E-state index contributed by atoms with van der Waals surface area (Å²) in [6.45, 7) is 2.08. The van der Waals surface area contributed by atoms with Crippen molar-refractivity contribution in [3.05, 3.63) is 29.8 Å². The molecule has 1 aromatic carbocycles. The van der Waals surface area contributed by atoms with Crippen molar-refractivity contribution in [3.8, 4) is 0 Å². The van der Waals surface area contributed by atoms with Crippen molar-refractivity contribution in [2.75, 3.05) is 43.8 Å². The van der Waals surface area contributed by atoms with E-state index in [9.17, 15) is 13.2 Å². The summed E-state index contributed by atoms with van der Waals surface area (Å²) in [5.41, 5.74) is 1.29. The Labute approximate surface area is 156 Å². The Morgan fingerprint density at radius 1 is 1.08 bits per heavy atom. The van der Waals surface area contributed by atoms with Gasteiger partial charge in [-0.3, -0.25) is 9.10 Å². The summed E-state index contributed by atoms with van der Waals surface area (Å²) in [6, 6.07) is 7.37. The van der Waals surface area contributed by atoms with Gasteiger partial charge in [0.05, 0.1) is 11.4 Å². The molecule has 1 aliphatic carbocycles. The minimum absolute atomic E-state index is 0.0505. The van der Waals surface area contributed by atoms with Gasteiger partial charge in [0.15, 0.2) is 0 Å². The SMILES string of the molecule is CN(C)CCN(C(=O)c1ccc(N2CCCS2(=O)=O)cc1)C1CCCC1. The van der Waals surface area contributed by atoms with Crippen molar-refractivity contribution in [1.29, 1.82) is 0 Å². The number of likely N-dealkylation sites (N-methyl/N-ethyl adjacent to an activating group) is 1. The number of benzene rings is 1. The number of sulfonamides is 1. The van der Waals surface area contributed by atoms with Crippen LogP contribution < -0.4 is 4.31 Å². The van der Waals surface area contributed by atoms with Gasteiger partial charge < -0.3 is 9.80 Å². The van der Waals surface area contributed by atoms with Gasteiger partial charge in [0.1, 0.15) is 0 Å². The predicted octanol–water partition coefficient (Wildman–Crippen LogP) is 2.17. The summed E-state index contributed by atoms with van der Waals surface area (Å²) in [5, 5.41) is 0. The van der Waals surface area contributed by atoms with Crippen LogP contribution in [0.15, 0.2) is 24.3 Å². The molecule has 1 heterocycles. The molecule has 0 atom stereocenters. The Morgan fingerprint density at radius 2 is 1.73 bits per heavy atom. The van der Waals surface area contributed by atoms with E-state index in [1.807, 2.05) is 19.0 Å². The van der Waals surface area contributed by atoms with Crippen molar-refractivity contribution in [2.24, 2.45) is 0 Å². The smallest absolute Gasteiger partial charge is 0.254 e. The molecule has 2 fully saturated rings. The van der Waals surface area contributed by atoms with Crippen LogP contribution >= 0.6 is 0 Å². The lowest BCUT2D eigenvalue weighted by Crippen LogP contribution is -2.42. The molecule has 0 aromatic heterocycles. The first-order valence-corrected chi connectivity index (χ1v) is 11.1. The maximum atomic E-state index is 13.1. The molecule has 7 heteroatoms. The molecule has 0 bridgehead atoms. The number of hydrogen-bond donors (Lipinski definition) is 0. The number of nitrogens with zero attached hydrogens (tertiary/aromatic N) is 3. The van der Waals surface area contributed by atoms with Gasteiger partial charge in [-0.2, -0.15) is 0 Å². The normalized spacial score (nSPS) is 20.0. The van der Waals surface area contributed by atoms with Crippen molar-refractivity contribution in [1.82, 2.24) is 9.80 Å². The molecular formula is C19H29N3O3S. The highest BCUT2D eigenvalue weighted by Crippen LogP contribution is 2.27. The third-order valence-corrected chi connectivity index (χ3v) is 7.19. The minimum atomic E-state index is -3.19. The maximum Gasteiger partial charge on any atom is 0.254 e. The van der Waals surface area contributed by atoms with Gasteiger partial charge in [-0.15, -0.1) is 0 Å². The van der Waals surface area contributed by atoms with E-state index < -0.39 is 10.0 Å². The van der Waals surface area contributed by atoms with E-state index >= 15 is 0 Å². The van der Waals surface area contributed by atoms with E-state index in [0.717, 1.165) is 25.9 Å². The van der Waals surface area contributed by atoms with Crippen LogP contribution in [0.5, 0.6) is 0 Å². The lowest BCUT2D eigenvalue weighted by Gasteiger charge is -2.30. The molecule has 26 heavy (non-hydrogen) atoms. The Morgan fingerprint density at radius 3 is 2.27 bits per heavy atom. The van der Waals surface area contributed by atoms with Crippen molar-refractivity contribution in [3.63, 3.8) is 0 Å². The molecule has 1 saturated heterocycles. The Hall–Kier alpha value is -1.60. The molecule has 6 nitrogen and oxygen atoms in total. The highest BCUT2D eigenvalue weighted by atomic mass is 32.2. The number of amides is 1. The highest BCUT2D eigenvalue weighted by Gasteiger charge is 2.30. The Kier molecular flexibility index (Phi) is 5.87. The van der Waals surface area contributed by atoms with Crippen molar-refractivity contribution in [2.45, 2.75) is 38.1 Å². The van der Waals surface area contributed by atoms with Gasteiger partial charge in [0.25, 0.3) is 5.91 Å². The largest absolute Gasteiger partial charge is 0.334 e. The van der Waals surface area contributed by atoms with Crippen LogP contribution in [0.4, 0.5) is 5.69 Å². The maximum absolute atomic E-state index is 13.1. The number of carbonyl (C=O) groups is 1. The zero-order valence-corrected chi connectivity index (χ0v) is 16.5. The molecule has 1 saturated carbocycles. The van der Waals surface area contributed by atoms with Gasteiger partial charge >= 0.3 is 0 Å². The van der Waals surface area contributed by atoms with Crippen LogP contribution in [0, 0.1) is 0 Å². The standard InChI is InChI=1S/C19H29N3O3S/c1-20(2)13-14-21(17-6-3-4-7-17)19(23)16-8-10-18(11-9-16)22-12-5-15-26(22,24)25/h8-11,17H,3-7,12-15H2,1-2H3. The van der Waals surface area contributed by atoms with Gasteiger partial charge in [-0.05, 0) is 57.6 Å². The second kappa shape index (κ2) is 7.96. The van der Waals surface area contributed by atoms with Crippen LogP contribution in [0.2, 0.25) is 0 Å². The van der Waals surface area contributed by atoms with E-state index in [1.165, 1.54) is 17.1 Å². The topological polar surface area (TPSA) is 60.9 Å². The van der Waals surface area contributed by atoms with Crippen LogP contribution in [0.3, 0.4) is 0 Å². The van der Waals surface area contributed by atoms with Gasteiger partial charge in [0, 0.05) is 31.2 Å². The number of hydrogen-bond acceptors (Lipinski definition) is 4. The quantitative estimate of drug-likeness (QED) is 0.760. The van der Waals surface area contributed by atoms with E-state index in [1.54, 1.807) is 24.3 Å². The molecule has 3 rings (SSSR count). The molecule has 144 valence electrons. The highest BCUT2D eigenvalue weighted by molar-refractivity contribution is 7.93. The van der Waals surface area contributed by atoms with Gasteiger partial charge in [-0.1, -0.05) is 12.8 Å². The van der Waals surface area contributed by atoms with Gasteiger partial charge in [-0.25, -0.2) is 8.42 Å². The third-order valence-electron chi connectivity index (χ3n) is 5.32. The molecule has 0 N–H and O–H groups in total. The second-order valence-electron chi connectivity index (χ2n) is 7.53. The van der Waals surface area contributed by atoms with Crippen molar-refractivity contribution >= 4 is 21.6 Å². The molecule has 0 unspecified atom stereocenters. The summed E-state index contributed by atoms with van der Waals surface area (Å²) < 4.78 is 25.6. The lowest BCUT2D eigenvalue weighted by molar-refractivity contribution is 0.0667. The van der Waals surface area contributed by atoms with Gasteiger partial charge in [0.2, 0.25) is 10.0 Å². The fraction of sp³-hybridized carbons (Fsp3) is 0.632. The molecule has 0 spiro atoms. The summed E-state index contributed by atoms with van der Waals surface area (Å²) in [7, 11) is 0.845. The Balaban J connectivity index is 1.76. The zero-order chi connectivity index (χ0) is 18.7. The fourth-order valence-corrected chi connectivity index (χ4v) is 5.40. The van der Waals surface area contributed by atoms with Crippen LogP contribution in [0.1, 0.15) is 42.5 Å². The van der Waals surface area contributed by atoms with E-state index in [4.69, 9.17) is 0 Å². The lowest BCUT2D eigenvalue weighted by atomic mass is 10.1. The van der Waals surface area contributed by atoms with Crippen LogP contribution in [-0.2, 0) is 10.0 Å². The van der Waals surface area contributed by atoms with Crippen LogP contribution in [-0.4, -0.2) is 69.6 Å². The fourth-order valence-electron chi connectivity index (χ4n) is 3.84.